The number of aromatic nitrogens is 2. The van der Waals surface area contributed by atoms with E-state index in [0.29, 0.717) is 34.0 Å². The molecule has 2 heterocycles. The fraction of sp³-hybridized carbons (Fsp3) is 0.211. The number of carbonyl (C=O) groups excluding carboxylic acids is 1. The fourth-order valence-electron chi connectivity index (χ4n) is 3.11. The van der Waals surface area contributed by atoms with Gasteiger partial charge in [-0.25, -0.2) is 4.39 Å². The molecule has 1 atom stereocenters. The molecule has 0 saturated carbocycles. The summed E-state index contributed by atoms with van der Waals surface area (Å²) in [6.45, 7) is 0.425. The molecule has 0 aliphatic carbocycles. The number of amides is 1. The van der Waals surface area contributed by atoms with Crippen molar-refractivity contribution in [2.75, 3.05) is 18.6 Å². The molecule has 3 aromatic rings. The Kier molecular flexibility index (Phi) is 4.65. The number of hydrogen-bond acceptors (Lipinski definition) is 5. The molecular formula is C19H15BrFN3O3. The lowest BCUT2D eigenvalue weighted by Gasteiger charge is -2.18. The van der Waals surface area contributed by atoms with E-state index in [1.54, 1.807) is 24.1 Å². The summed E-state index contributed by atoms with van der Waals surface area (Å²) in [5.74, 6) is 0.761. The molecule has 2 aromatic carbocycles. The Morgan fingerprint density at radius 1 is 1.30 bits per heavy atom. The molecule has 1 aliphatic heterocycles. The molecule has 0 N–H and O–H groups in total. The third-order valence-corrected chi connectivity index (χ3v) is 5.08. The van der Waals surface area contributed by atoms with Gasteiger partial charge in [0, 0.05) is 18.5 Å². The molecule has 0 spiro atoms. The highest BCUT2D eigenvalue weighted by molar-refractivity contribution is 9.10. The van der Waals surface area contributed by atoms with E-state index in [2.05, 4.69) is 26.1 Å². The van der Waals surface area contributed by atoms with Crippen LogP contribution >= 0.6 is 15.9 Å². The summed E-state index contributed by atoms with van der Waals surface area (Å²) in [6.07, 6.45) is 0.271. The van der Waals surface area contributed by atoms with Gasteiger partial charge >= 0.3 is 0 Å². The normalized spacial score (nSPS) is 16.8. The molecule has 0 bridgehead atoms. The SMILES string of the molecule is COc1ccccc1N1CC(c2nc(-c3ccc(F)c(Br)c3)no2)CC1=O. The van der Waals surface area contributed by atoms with E-state index in [4.69, 9.17) is 9.26 Å². The predicted octanol–water partition coefficient (Wildman–Crippen LogP) is 4.17. The van der Waals surface area contributed by atoms with Crippen molar-refractivity contribution >= 4 is 27.5 Å². The highest BCUT2D eigenvalue weighted by Gasteiger charge is 2.36. The highest BCUT2D eigenvalue weighted by atomic mass is 79.9. The van der Waals surface area contributed by atoms with Crippen molar-refractivity contribution in [3.05, 3.63) is 58.6 Å². The number of ether oxygens (including phenoxy) is 1. The summed E-state index contributed by atoms with van der Waals surface area (Å²) in [4.78, 5) is 18.6. The molecule has 138 valence electrons. The summed E-state index contributed by atoms with van der Waals surface area (Å²) in [5, 5.41) is 3.97. The van der Waals surface area contributed by atoms with Gasteiger partial charge in [0.2, 0.25) is 17.6 Å². The van der Waals surface area contributed by atoms with Gasteiger partial charge in [-0.3, -0.25) is 4.79 Å². The van der Waals surface area contributed by atoms with Gasteiger partial charge in [0.05, 0.1) is 23.2 Å². The molecule has 27 heavy (non-hydrogen) atoms. The lowest BCUT2D eigenvalue weighted by Crippen LogP contribution is -2.24. The quantitative estimate of drug-likeness (QED) is 0.619. The second-order valence-electron chi connectivity index (χ2n) is 6.16. The summed E-state index contributed by atoms with van der Waals surface area (Å²) in [7, 11) is 1.57. The first-order valence-corrected chi connectivity index (χ1v) is 9.08. The molecule has 1 aliphatic rings. The number of carbonyl (C=O) groups is 1. The average molecular weight is 432 g/mol. The summed E-state index contributed by atoms with van der Waals surface area (Å²) in [5.41, 5.74) is 1.35. The molecule has 1 unspecified atom stereocenters. The zero-order valence-corrected chi connectivity index (χ0v) is 15.9. The zero-order chi connectivity index (χ0) is 19.0. The van der Waals surface area contributed by atoms with E-state index in [0.717, 1.165) is 5.69 Å². The average Bonchev–Trinajstić information content (AvgIpc) is 3.31. The van der Waals surface area contributed by atoms with Crippen molar-refractivity contribution in [2.24, 2.45) is 0 Å². The van der Waals surface area contributed by atoms with E-state index in [1.807, 2.05) is 24.3 Å². The molecule has 4 rings (SSSR count). The van der Waals surface area contributed by atoms with Crippen LogP contribution in [0.15, 0.2) is 51.5 Å². The maximum absolute atomic E-state index is 13.4. The third kappa shape index (κ3) is 3.32. The molecule has 1 amide bonds. The van der Waals surface area contributed by atoms with Gasteiger partial charge in [0.15, 0.2) is 0 Å². The predicted molar refractivity (Wildman–Crippen MR) is 100 cm³/mol. The van der Waals surface area contributed by atoms with Crippen LogP contribution in [0.3, 0.4) is 0 Å². The van der Waals surface area contributed by atoms with Crippen molar-refractivity contribution in [3.8, 4) is 17.1 Å². The number of rotatable bonds is 4. The van der Waals surface area contributed by atoms with Crippen LogP contribution in [0.2, 0.25) is 0 Å². The van der Waals surface area contributed by atoms with Crippen LogP contribution in [-0.2, 0) is 4.79 Å². The van der Waals surface area contributed by atoms with Gasteiger partial charge in [-0.1, -0.05) is 17.3 Å². The molecule has 1 fully saturated rings. The number of para-hydroxylation sites is 2. The zero-order valence-electron chi connectivity index (χ0n) is 14.4. The van der Waals surface area contributed by atoms with E-state index in [1.165, 1.54) is 6.07 Å². The van der Waals surface area contributed by atoms with Gasteiger partial charge in [0.1, 0.15) is 11.6 Å². The standard InChI is InChI=1S/C19H15BrFN3O3/c1-26-16-5-3-2-4-15(16)24-10-12(9-17(24)25)19-22-18(23-27-19)11-6-7-14(21)13(20)8-11/h2-8,12H,9-10H2,1H3. The summed E-state index contributed by atoms with van der Waals surface area (Å²) < 4.78 is 24.5. The van der Waals surface area contributed by atoms with Crippen LogP contribution < -0.4 is 9.64 Å². The lowest BCUT2D eigenvalue weighted by molar-refractivity contribution is -0.117. The number of hydrogen-bond donors (Lipinski definition) is 0. The Labute approximate surface area is 163 Å². The van der Waals surface area contributed by atoms with Crippen molar-refractivity contribution in [2.45, 2.75) is 12.3 Å². The maximum atomic E-state index is 13.4. The number of methoxy groups -OCH3 is 1. The van der Waals surface area contributed by atoms with Gasteiger partial charge < -0.3 is 14.2 Å². The highest BCUT2D eigenvalue weighted by Crippen LogP contribution is 2.36. The van der Waals surface area contributed by atoms with Gasteiger partial charge in [0.25, 0.3) is 0 Å². The van der Waals surface area contributed by atoms with E-state index in [9.17, 15) is 9.18 Å². The van der Waals surface area contributed by atoms with Crippen LogP contribution in [-0.4, -0.2) is 29.7 Å². The molecule has 1 aromatic heterocycles. The lowest BCUT2D eigenvalue weighted by atomic mass is 10.1. The molecular weight excluding hydrogens is 417 g/mol. The van der Waals surface area contributed by atoms with E-state index < -0.39 is 0 Å². The van der Waals surface area contributed by atoms with Gasteiger partial charge in [-0.15, -0.1) is 0 Å². The minimum Gasteiger partial charge on any atom is -0.495 e. The molecule has 1 saturated heterocycles. The first kappa shape index (κ1) is 17.7. The van der Waals surface area contributed by atoms with Crippen molar-refractivity contribution in [1.82, 2.24) is 10.1 Å². The number of nitrogens with zero attached hydrogens (tertiary/aromatic N) is 3. The smallest absolute Gasteiger partial charge is 0.232 e. The Morgan fingerprint density at radius 2 is 2.11 bits per heavy atom. The number of anilines is 1. The Balaban J connectivity index is 1.58. The monoisotopic (exact) mass is 431 g/mol. The Bertz CT molecular complexity index is 1010. The summed E-state index contributed by atoms with van der Waals surface area (Å²) in [6, 6.07) is 11.9. The number of halogens is 2. The Morgan fingerprint density at radius 3 is 2.89 bits per heavy atom. The first-order valence-electron chi connectivity index (χ1n) is 8.29. The first-order chi connectivity index (χ1) is 13.1. The van der Waals surface area contributed by atoms with Crippen molar-refractivity contribution < 1.29 is 18.4 Å². The van der Waals surface area contributed by atoms with E-state index >= 15 is 0 Å². The molecule has 0 radical (unpaired) electrons. The van der Waals surface area contributed by atoms with E-state index in [-0.39, 0.29) is 24.1 Å². The van der Waals surface area contributed by atoms with Crippen LogP contribution in [0.25, 0.3) is 11.4 Å². The van der Waals surface area contributed by atoms with Crippen LogP contribution in [0.4, 0.5) is 10.1 Å². The van der Waals surface area contributed by atoms with Crippen molar-refractivity contribution in [3.63, 3.8) is 0 Å². The number of benzene rings is 2. The summed E-state index contributed by atoms with van der Waals surface area (Å²) >= 11 is 3.15. The molecule has 6 nitrogen and oxygen atoms in total. The van der Waals surface area contributed by atoms with Gasteiger partial charge in [-0.05, 0) is 46.3 Å². The molecule has 8 heteroatoms. The minimum absolute atomic E-state index is 0.0335. The largest absolute Gasteiger partial charge is 0.495 e. The van der Waals surface area contributed by atoms with Crippen LogP contribution in [0, 0.1) is 5.82 Å². The topological polar surface area (TPSA) is 68.5 Å². The second kappa shape index (κ2) is 7.11. The minimum atomic E-state index is -0.365. The van der Waals surface area contributed by atoms with Crippen LogP contribution in [0.5, 0.6) is 5.75 Å². The van der Waals surface area contributed by atoms with Crippen LogP contribution in [0.1, 0.15) is 18.2 Å². The maximum Gasteiger partial charge on any atom is 0.232 e. The Hall–Kier alpha value is -2.74. The fourth-order valence-corrected chi connectivity index (χ4v) is 3.49. The second-order valence-corrected chi connectivity index (χ2v) is 7.02. The third-order valence-electron chi connectivity index (χ3n) is 4.47. The van der Waals surface area contributed by atoms with Crippen molar-refractivity contribution in [1.29, 1.82) is 0 Å². The van der Waals surface area contributed by atoms with Gasteiger partial charge in [-0.2, -0.15) is 4.98 Å².